The second-order valence-corrected chi connectivity index (χ2v) is 6.75. The highest BCUT2D eigenvalue weighted by molar-refractivity contribution is 9.10. The summed E-state index contributed by atoms with van der Waals surface area (Å²) in [5.74, 6) is 0.734. The molecule has 1 aliphatic carbocycles. The Morgan fingerprint density at radius 1 is 1.60 bits per heavy atom. The molecule has 3 heteroatoms. The maximum Gasteiger partial charge on any atom is 0.0285 e. The van der Waals surface area contributed by atoms with Gasteiger partial charge in [-0.3, -0.25) is 0 Å². The molecular weight excluding hydrogens is 270 g/mol. The summed E-state index contributed by atoms with van der Waals surface area (Å²) in [6.07, 6.45) is 1.29. The minimum Gasteiger partial charge on any atom is -0.314 e. The van der Waals surface area contributed by atoms with Crippen LogP contribution in [0.1, 0.15) is 38.0 Å². The Hall–Kier alpha value is 0.140. The van der Waals surface area contributed by atoms with Crippen molar-refractivity contribution in [3.63, 3.8) is 0 Å². The quantitative estimate of drug-likeness (QED) is 0.886. The van der Waals surface area contributed by atoms with Gasteiger partial charge in [-0.2, -0.15) is 0 Å². The van der Waals surface area contributed by atoms with Crippen molar-refractivity contribution in [2.45, 2.75) is 39.2 Å². The van der Waals surface area contributed by atoms with Gasteiger partial charge in [0.2, 0.25) is 0 Å². The zero-order chi connectivity index (χ0) is 11.1. The summed E-state index contributed by atoms with van der Waals surface area (Å²) in [7, 11) is 0. The van der Waals surface area contributed by atoms with Crippen molar-refractivity contribution in [3.05, 3.63) is 20.8 Å². The van der Waals surface area contributed by atoms with E-state index in [4.69, 9.17) is 0 Å². The fourth-order valence-electron chi connectivity index (χ4n) is 2.51. The zero-order valence-electron chi connectivity index (χ0n) is 9.51. The summed E-state index contributed by atoms with van der Waals surface area (Å²) in [6, 6.07) is 2.97. The normalized spacial score (nSPS) is 28.8. The first kappa shape index (κ1) is 11.6. The van der Waals surface area contributed by atoms with Crippen LogP contribution in [-0.2, 0) is 0 Å². The predicted octanol–water partition coefficient (Wildman–Crippen LogP) is 4.00. The van der Waals surface area contributed by atoms with Crippen molar-refractivity contribution in [1.29, 1.82) is 0 Å². The van der Waals surface area contributed by atoms with Crippen LogP contribution in [0.5, 0.6) is 0 Å². The number of nitrogens with one attached hydrogen (secondary N) is 1. The van der Waals surface area contributed by atoms with Gasteiger partial charge in [-0.05, 0) is 40.4 Å². The average Bonchev–Trinajstić information content (AvgIpc) is 2.58. The second kappa shape index (κ2) is 4.19. The number of thiophene rings is 1. The van der Waals surface area contributed by atoms with Crippen LogP contribution in [0.2, 0.25) is 0 Å². The maximum atomic E-state index is 3.57. The minimum absolute atomic E-state index is 0.403. The molecule has 1 saturated carbocycles. The van der Waals surface area contributed by atoms with Crippen molar-refractivity contribution in [3.8, 4) is 0 Å². The fourth-order valence-corrected chi connectivity index (χ4v) is 4.27. The van der Waals surface area contributed by atoms with Gasteiger partial charge in [-0.1, -0.05) is 20.8 Å². The number of hydrogen-bond donors (Lipinski definition) is 1. The molecule has 1 aliphatic rings. The molecule has 2 rings (SSSR count). The van der Waals surface area contributed by atoms with E-state index in [1.807, 2.05) is 11.3 Å². The van der Waals surface area contributed by atoms with E-state index in [0.29, 0.717) is 11.5 Å². The largest absolute Gasteiger partial charge is 0.314 e. The Balaban J connectivity index is 2.09. The van der Waals surface area contributed by atoms with Gasteiger partial charge in [0.1, 0.15) is 0 Å². The van der Waals surface area contributed by atoms with E-state index in [-0.39, 0.29) is 0 Å². The molecule has 0 aliphatic heterocycles. The number of halogens is 1. The van der Waals surface area contributed by atoms with E-state index in [1.54, 1.807) is 0 Å². The van der Waals surface area contributed by atoms with E-state index in [1.165, 1.54) is 15.8 Å². The third-order valence-electron chi connectivity index (χ3n) is 3.65. The van der Waals surface area contributed by atoms with Gasteiger partial charge in [0.05, 0.1) is 0 Å². The minimum atomic E-state index is 0.403. The van der Waals surface area contributed by atoms with Crippen molar-refractivity contribution in [2.75, 3.05) is 6.54 Å². The highest BCUT2D eigenvalue weighted by Gasteiger charge is 2.48. The average molecular weight is 288 g/mol. The van der Waals surface area contributed by atoms with Gasteiger partial charge in [0.25, 0.3) is 0 Å². The molecule has 1 N–H and O–H groups in total. The third kappa shape index (κ3) is 2.02. The summed E-state index contributed by atoms with van der Waals surface area (Å²) >= 11 is 5.41. The van der Waals surface area contributed by atoms with Crippen LogP contribution in [0.15, 0.2) is 15.9 Å². The summed E-state index contributed by atoms with van der Waals surface area (Å²) < 4.78 is 1.23. The van der Waals surface area contributed by atoms with E-state index in [0.717, 1.165) is 12.5 Å². The van der Waals surface area contributed by atoms with Crippen molar-refractivity contribution < 1.29 is 0 Å². The van der Waals surface area contributed by atoms with E-state index in [9.17, 15) is 0 Å². The van der Waals surface area contributed by atoms with Crippen LogP contribution >= 0.6 is 27.3 Å². The van der Waals surface area contributed by atoms with Gasteiger partial charge in [0, 0.05) is 26.7 Å². The first-order valence-electron chi connectivity index (χ1n) is 5.53. The van der Waals surface area contributed by atoms with Gasteiger partial charge < -0.3 is 5.32 Å². The maximum absolute atomic E-state index is 3.57. The summed E-state index contributed by atoms with van der Waals surface area (Å²) in [4.78, 5) is 1.53. The monoisotopic (exact) mass is 287 g/mol. The molecule has 1 nitrogen and oxygen atoms in total. The molecule has 84 valence electrons. The second-order valence-electron chi connectivity index (χ2n) is 4.89. The smallest absolute Gasteiger partial charge is 0.0285 e. The molecule has 0 spiro atoms. The molecule has 0 radical (unpaired) electrons. The summed E-state index contributed by atoms with van der Waals surface area (Å²) in [6.45, 7) is 8.02. The van der Waals surface area contributed by atoms with Crippen LogP contribution in [0.3, 0.4) is 0 Å². The van der Waals surface area contributed by atoms with E-state index < -0.39 is 0 Å². The lowest BCUT2D eigenvalue weighted by Crippen LogP contribution is -2.55. The molecule has 0 amide bonds. The Labute approximate surface area is 104 Å². The summed E-state index contributed by atoms with van der Waals surface area (Å²) in [5, 5.41) is 5.76. The summed E-state index contributed by atoms with van der Waals surface area (Å²) in [5.41, 5.74) is 0.403. The Morgan fingerprint density at radius 2 is 2.33 bits per heavy atom. The fraction of sp³-hybridized carbons (Fsp3) is 0.667. The highest BCUT2D eigenvalue weighted by atomic mass is 79.9. The molecule has 0 bridgehead atoms. The molecule has 1 aromatic heterocycles. The SMILES string of the molecule is CCNC1CC(c2cc(Br)cs2)C1(C)C. The lowest BCUT2D eigenvalue weighted by atomic mass is 9.58. The Morgan fingerprint density at radius 3 is 2.80 bits per heavy atom. The van der Waals surface area contributed by atoms with Gasteiger partial charge >= 0.3 is 0 Å². The molecule has 15 heavy (non-hydrogen) atoms. The van der Waals surface area contributed by atoms with E-state index >= 15 is 0 Å². The standard InChI is InChI=1S/C12H18BrNS/c1-4-14-11-6-9(12(11,2)3)10-5-8(13)7-15-10/h5,7,9,11,14H,4,6H2,1-3H3. The van der Waals surface area contributed by atoms with Crippen molar-refractivity contribution in [2.24, 2.45) is 5.41 Å². The topological polar surface area (TPSA) is 12.0 Å². The number of hydrogen-bond acceptors (Lipinski definition) is 2. The predicted molar refractivity (Wildman–Crippen MR) is 70.6 cm³/mol. The van der Waals surface area contributed by atoms with Crippen LogP contribution in [0, 0.1) is 5.41 Å². The molecule has 2 unspecified atom stereocenters. The van der Waals surface area contributed by atoms with Crippen LogP contribution in [0.25, 0.3) is 0 Å². The molecule has 1 aromatic rings. The molecule has 0 aromatic carbocycles. The van der Waals surface area contributed by atoms with E-state index in [2.05, 4.69) is 53.5 Å². The molecular formula is C12H18BrNS. The highest BCUT2D eigenvalue weighted by Crippen LogP contribution is 2.54. The van der Waals surface area contributed by atoms with Crippen LogP contribution < -0.4 is 5.32 Å². The third-order valence-corrected chi connectivity index (χ3v) is 5.46. The van der Waals surface area contributed by atoms with Gasteiger partial charge in [-0.15, -0.1) is 11.3 Å². The Kier molecular flexibility index (Phi) is 3.25. The van der Waals surface area contributed by atoms with Crippen LogP contribution in [-0.4, -0.2) is 12.6 Å². The molecule has 2 atom stereocenters. The first-order chi connectivity index (χ1) is 7.05. The van der Waals surface area contributed by atoms with Crippen molar-refractivity contribution in [1.82, 2.24) is 5.32 Å². The Bertz CT molecular complexity index is 345. The van der Waals surface area contributed by atoms with Gasteiger partial charge in [0.15, 0.2) is 0 Å². The zero-order valence-corrected chi connectivity index (χ0v) is 11.9. The number of rotatable bonds is 3. The lowest BCUT2D eigenvalue weighted by molar-refractivity contribution is 0.0728. The molecule has 0 saturated heterocycles. The lowest BCUT2D eigenvalue weighted by Gasteiger charge is -2.52. The first-order valence-corrected chi connectivity index (χ1v) is 7.20. The van der Waals surface area contributed by atoms with Crippen molar-refractivity contribution >= 4 is 27.3 Å². The van der Waals surface area contributed by atoms with Gasteiger partial charge in [-0.25, -0.2) is 0 Å². The molecule has 1 fully saturated rings. The molecule has 1 heterocycles. The van der Waals surface area contributed by atoms with Crippen LogP contribution in [0.4, 0.5) is 0 Å².